The fourth-order valence-corrected chi connectivity index (χ4v) is 4.66. The molecule has 2 saturated heterocycles. The molecule has 0 amide bonds. The molecule has 2 aliphatic rings. The largest absolute Gasteiger partial charge is 0.363 e. The maximum absolute atomic E-state index is 4.87. The number of para-hydroxylation sites is 1. The van der Waals surface area contributed by atoms with Crippen LogP contribution in [0.1, 0.15) is 11.3 Å². The second-order valence-corrected chi connectivity index (χ2v) is 8.34. The van der Waals surface area contributed by atoms with Crippen molar-refractivity contribution < 1.29 is 0 Å². The normalized spacial score (nSPS) is 19.9. The summed E-state index contributed by atoms with van der Waals surface area (Å²) in [6.07, 6.45) is 0. The van der Waals surface area contributed by atoms with Crippen molar-refractivity contribution in [3.05, 3.63) is 103 Å². The molecule has 4 heteroatoms. The lowest BCUT2D eigenvalue weighted by Gasteiger charge is -2.51. The highest BCUT2D eigenvalue weighted by Gasteiger charge is 2.36. The zero-order valence-electron chi connectivity index (χ0n) is 17.4. The lowest BCUT2D eigenvalue weighted by molar-refractivity contribution is 0.0677. The summed E-state index contributed by atoms with van der Waals surface area (Å²) < 4.78 is 0. The summed E-state index contributed by atoms with van der Waals surface area (Å²) in [5.41, 5.74) is 5.91. The molecular formula is C26H28N4. The minimum Gasteiger partial charge on any atom is -0.363 e. The van der Waals surface area contributed by atoms with E-state index in [0.717, 1.165) is 50.5 Å². The molecule has 3 heterocycles. The minimum absolute atomic E-state index is 0.282. The van der Waals surface area contributed by atoms with Crippen molar-refractivity contribution in [3.63, 3.8) is 0 Å². The number of aromatic nitrogens is 1. The van der Waals surface area contributed by atoms with Gasteiger partial charge < -0.3 is 9.80 Å². The molecule has 30 heavy (non-hydrogen) atoms. The van der Waals surface area contributed by atoms with E-state index in [1.165, 1.54) is 22.3 Å². The highest BCUT2D eigenvalue weighted by Crippen LogP contribution is 2.30. The second-order valence-electron chi connectivity index (χ2n) is 8.34. The molecule has 0 aliphatic carbocycles. The van der Waals surface area contributed by atoms with Crippen molar-refractivity contribution in [2.45, 2.75) is 19.1 Å². The smallest absolute Gasteiger partial charge is 0.0809 e. The van der Waals surface area contributed by atoms with Gasteiger partial charge in [-0.1, -0.05) is 67.8 Å². The first-order valence-corrected chi connectivity index (χ1v) is 10.7. The third-order valence-electron chi connectivity index (χ3n) is 6.29. The number of fused-ring (bicyclic) bond motifs is 2. The van der Waals surface area contributed by atoms with E-state index < -0.39 is 0 Å². The SMILES string of the molecule is C=C1C2CN(Cc3ccc4ccccc4n3)CCN2C(=C)CN1Cc1ccccc1. The van der Waals surface area contributed by atoms with Crippen LogP contribution in [0.5, 0.6) is 0 Å². The van der Waals surface area contributed by atoms with E-state index >= 15 is 0 Å². The Hall–Kier alpha value is -3.11. The Morgan fingerprint density at radius 1 is 0.867 bits per heavy atom. The highest BCUT2D eigenvalue weighted by atomic mass is 15.4. The van der Waals surface area contributed by atoms with E-state index in [4.69, 9.17) is 4.98 Å². The zero-order valence-corrected chi connectivity index (χ0v) is 17.4. The van der Waals surface area contributed by atoms with E-state index in [-0.39, 0.29) is 6.04 Å². The Labute approximate surface area is 178 Å². The topological polar surface area (TPSA) is 22.6 Å². The van der Waals surface area contributed by atoms with Crippen LogP contribution in [0.3, 0.4) is 0 Å². The van der Waals surface area contributed by atoms with Crippen LogP contribution in [0.15, 0.2) is 91.3 Å². The minimum atomic E-state index is 0.282. The molecule has 4 nitrogen and oxygen atoms in total. The molecule has 0 N–H and O–H groups in total. The summed E-state index contributed by atoms with van der Waals surface area (Å²) in [5.74, 6) is 0. The first kappa shape index (κ1) is 18.9. The Balaban J connectivity index is 1.30. The molecular weight excluding hydrogens is 368 g/mol. The van der Waals surface area contributed by atoms with Gasteiger partial charge in [0.1, 0.15) is 0 Å². The van der Waals surface area contributed by atoms with Crippen molar-refractivity contribution >= 4 is 10.9 Å². The molecule has 0 radical (unpaired) electrons. The van der Waals surface area contributed by atoms with Crippen molar-refractivity contribution in [1.29, 1.82) is 0 Å². The lowest BCUT2D eigenvalue weighted by atomic mass is 10.0. The predicted molar refractivity (Wildman–Crippen MR) is 123 cm³/mol. The molecule has 5 rings (SSSR count). The van der Waals surface area contributed by atoms with E-state index in [2.05, 4.69) is 94.6 Å². The Bertz CT molecular complexity index is 1070. The van der Waals surface area contributed by atoms with Gasteiger partial charge >= 0.3 is 0 Å². The molecule has 1 unspecified atom stereocenters. The first-order chi connectivity index (χ1) is 14.7. The Morgan fingerprint density at radius 2 is 1.67 bits per heavy atom. The monoisotopic (exact) mass is 396 g/mol. The van der Waals surface area contributed by atoms with E-state index in [9.17, 15) is 0 Å². The van der Waals surface area contributed by atoms with Crippen LogP contribution in [-0.2, 0) is 13.1 Å². The summed E-state index contributed by atoms with van der Waals surface area (Å²) in [5, 5.41) is 1.19. The van der Waals surface area contributed by atoms with Gasteiger partial charge in [-0.15, -0.1) is 0 Å². The average Bonchev–Trinajstić information content (AvgIpc) is 2.78. The fourth-order valence-electron chi connectivity index (χ4n) is 4.66. The van der Waals surface area contributed by atoms with Crippen LogP contribution < -0.4 is 0 Å². The van der Waals surface area contributed by atoms with E-state index in [1.807, 2.05) is 0 Å². The summed E-state index contributed by atoms with van der Waals surface area (Å²) in [4.78, 5) is 12.2. The van der Waals surface area contributed by atoms with Gasteiger partial charge in [-0.3, -0.25) is 9.88 Å². The summed E-state index contributed by atoms with van der Waals surface area (Å²) >= 11 is 0. The first-order valence-electron chi connectivity index (χ1n) is 10.7. The molecule has 1 aromatic heterocycles. The van der Waals surface area contributed by atoms with Gasteiger partial charge in [-0.2, -0.15) is 0 Å². The van der Waals surface area contributed by atoms with Crippen LogP contribution in [0.2, 0.25) is 0 Å². The van der Waals surface area contributed by atoms with Crippen molar-refractivity contribution in [1.82, 2.24) is 19.7 Å². The molecule has 152 valence electrons. The number of hydrogen-bond acceptors (Lipinski definition) is 4. The number of rotatable bonds is 4. The molecule has 2 aliphatic heterocycles. The van der Waals surface area contributed by atoms with Gasteiger partial charge in [0, 0.05) is 49.5 Å². The zero-order chi connectivity index (χ0) is 20.5. The third-order valence-corrected chi connectivity index (χ3v) is 6.29. The molecule has 2 aromatic carbocycles. The van der Waals surface area contributed by atoms with Crippen molar-refractivity contribution in [2.75, 3.05) is 26.2 Å². The number of pyridine rings is 1. The summed E-state index contributed by atoms with van der Waals surface area (Å²) in [6, 6.07) is 23.6. The van der Waals surface area contributed by atoms with Gasteiger partial charge in [0.2, 0.25) is 0 Å². The van der Waals surface area contributed by atoms with Gasteiger partial charge in [-0.05, 0) is 17.7 Å². The van der Waals surface area contributed by atoms with E-state index in [0.29, 0.717) is 0 Å². The third kappa shape index (κ3) is 3.71. The summed E-state index contributed by atoms with van der Waals surface area (Å²) in [7, 11) is 0. The van der Waals surface area contributed by atoms with Gasteiger partial charge in [-0.25, -0.2) is 0 Å². The lowest BCUT2D eigenvalue weighted by Crippen LogP contribution is -2.58. The second kappa shape index (κ2) is 7.96. The van der Waals surface area contributed by atoms with Gasteiger partial charge in [0.15, 0.2) is 0 Å². The molecule has 0 bridgehead atoms. The molecule has 3 aromatic rings. The van der Waals surface area contributed by atoms with Crippen LogP contribution in [-0.4, -0.2) is 51.9 Å². The quantitative estimate of drug-likeness (QED) is 0.657. The van der Waals surface area contributed by atoms with Crippen molar-refractivity contribution in [2.24, 2.45) is 0 Å². The van der Waals surface area contributed by atoms with E-state index in [1.54, 1.807) is 0 Å². The summed E-state index contributed by atoms with van der Waals surface area (Å²) in [6.45, 7) is 14.5. The highest BCUT2D eigenvalue weighted by molar-refractivity contribution is 5.78. The molecule has 1 atom stereocenters. The fraction of sp³-hybridized carbons (Fsp3) is 0.269. The molecule has 0 saturated carbocycles. The number of benzene rings is 2. The number of nitrogens with zero attached hydrogens (tertiary/aromatic N) is 4. The predicted octanol–water partition coefficient (Wildman–Crippen LogP) is 4.26. The van der Waals surface area contributed by atoms with Gasteiger partial charge in [0.25, 0.3) is 0 Å². The Morgan fingerprint density at radius 3 is 2.53 bits per heavy atom. The van der Waals surface area contributed by atoms with Crippen LogP contribution in [0.4, 0.5) is 0 Å². The molecule has 2 fully saturated rings. The van der Waals surface area contributed by atoms with Crippen molar-refractivity contribution in [3.8, 4) is 0 Å². The molecule has 0 spiro atoms. The number of piperazine rings is 2. The average molecular weight is 397 g/mol. The number of hydrogen-bond donors (Lipinski definition) is 0. The Kier molecular flexibility index (Phi) is 5.01. The standard InChI is InChI=1S/C26H28N4/c1-20-16-29(17-22-8-4-3-5-9-22)21(2)26-19-28(14-15-30(20)26)18-24-13-12-23-10-6-7-11-25(23)27-24/h3-13,26H,1-2,14-19H2. The van der Waals surface area contributed by atoms with Crippen LogP contribution in [0, 0.1) is 0 Å². The maximum atomic E-state index is 4.87. The van der Waals surface area contributed by atoms with Gasteiger partial charge in [0.05, 0.1) is 23.8 Å². The van der Waals surface area contributed by atoms with Crippen LogP contribution in [0.25, 0.3) is 10.9 Å². The maximum Gasteiger partial charge on any atom is 0.0809 e. The van der Waals surface area contributed by atoms with Crippen LogP contribution >= 0.6 is 0 Å².